The van der Waals surface area contributed by atoms with Crippen LogP contribution in [0.4, 0.5) is 5.69 Å². The first-order valence-electron chi connectivity index (χ1n) is 5.85. The number of rotatable bonds is 4. The van der Waals surface area contributed by atoms with Crippen LogP contribution in [-0.4, -0.2) is 29.1 Å². The molecule has 0 aliphatic carbocycles. The maximum atomic E-state index is 12.2. The summed E-state index contributed by atoms with van der Waals surface area (Å²) in [5.41, 5.74) is 0.161. The minimum Gasteiger partial charge on any atom is -0.497 e. The van der Waals surface area contributed by atoms with Crippen molar-refractivity contribution in [3.05, 3.63) is 52.3 Å². The predicted octanol–water partition coefficient (Wildman–Crippen LogP) is 2.80. The Hall–Kier alpha value is -2.41. The van der Waals surface area contributed by atoms with Crippen LogP contribution in [0, 0.1) is 0 Å². The van der Waals surface area contributed by atoms with Crippen molar-refractivity contribution in [3.63, 3.8) is 0 Å². The lowest BCUT2D eigenvalue weighted by Crippen LogP contribution is -2.18. The fraction of sp³-hybridized carbons (Fsp3) is 0.0714. The molecule has 6 nitrogen and oxygen atoms in total. The fourth-order valence-electron chi connectivity index (χ4n) is 1.70. The molecule has 2 rings (SSSR count). The largest absolute Gasteiger partial charge is 0.497 e. The minimum absolute atomic E-state index is 0.149. The molecule has 0 saturated carbocycles. The molecule has 2 aromatic rings. The molecule has 1 heterocycles. The predicted molar refractivity (Wildman–Crippen MR) is 79.8 cm³/mol. The highest BCUT2D eigenvalue weighted by atomic mass is 79.9. The highest BCUT2D eigenvalue weighted by molar-refractivity contribution is 9.10. The zero-order valence-electron chi connectivity index (χ0n) is 11.0. The van der Waals surface area contributed by atoms with Crippen LogP contribution >= 0.6 is 15.9 Å². The van der Waals surface area contributed by atoms with E-state index in [4.69, 9.17) is 9.84 Å². The number of nitrogens with one attached hydrogen (secondary N) is 1. The normalized spacial score (nSPS) is 10.0. The third-order valence-electron chi connectivity index (χ3n) is 2.62. The van der Waals surface area contributed by atoms with Crippen LogP contribution in [0.5, 0.6) is 5.75 Å². The Kier molecular flexibility index (Phi) is 4.54. The number of nitrogens with zero attached hydrogens (tertiary/aromatic N) is 1. The summed E-state index contributed by atoms with van der Waals surface area (Å²) in [6.07, 6.45) is 1.36. The summed E-state index contributed by atoms with van der Waals surface area (Å²) in [4.78, 5) is 27.1. The van der Waals surface area contributed by atoms with Gasteiger partial charge in [-0.3, -0.25) is 9.78 Å². The Labute approximate surface area is 128 Å². The number of hydrogen-bond acceptors (Lipinski definition) is 4. The second kappa shape index (κ2) is 6.36. The van der Waals surface area contributed by atoms with Crippen LogP contribution in [-0.2, 0) is 0 Å². The van der Waals surface area contributed by atoms with Crippen LogP contribution in [0.2, 0.25) is 0 Å². The second-order valence-corrected chi connectivity index (χ2v) is 4.95. The molecule has 0 fully saturated rings. The third-order valence-corrected chi connectivity index (χ3v) is 3.08. The van der Waals surface area contributed by atoms with E-state index in [2.05, 4.69) is 26.2 Å². The van der Waals surface area contributed by atoms with Gasteiger partial charge in [0.25, 0.3) is 5.91 Å². The zero-order chi connectivity index (χ0) is 15.4. The number of aromatic carboxylic acids is 1. The lowest BCUT2D eigenvalue weighted by atomic mass is 10.2. The van der Waals surface area contributed by atoms with Crippen molar-refractivity contribution >= 4 is 33.5 Å². The smallest absolute Gasteiger partial charge is 0.338 e. The Morgan fingerprint density at radius 3 is 2.76 bits per heavy atom. The van der Waals surface area contributed by atoms with Crippen LogP contribution in [0.1, 0.15) is 20.8 Å². The van der Waals surface area contributed by atoms with Crippen LogP contribution in [0.15, 0.2) is 41.0 Å². The second-order valence-electron chi connectivity index (χ2n) is 4.04. The highest BCUT2D eigenvalue weighted by Gasteiger charge is 2.18. The average Bonchev–Trinajstić information content (AvgIpc) is 2.46. The van der Waals surface area contributed by atoms with E-state index in [9.17, 15) is 9.59 Å². The molecule has 108 valence electrons. The van der Waals surface area contributed by atoms with E-state index in [1.54, 1.807) is 18.2 Å². The Morgan fingerprint density at radius 1 is 1.33 bits per heavy atom. The number of carboxylic acid groups (broad SMARTS) is 1. The van der Waals surface area contributed by atoms with Crippen molar-refractivity contribution in [2.24, 2.45) is 0 Å². The molecule has 21 heavy (non-hydrogen) atoms. The van der Waals surface area contributed by atoms with Crippen LogP contribution in [0.25, 0.3) is 0 Å². The molecule has 0 spiro atoms. The number of carboxylic acids is 1. The van der Waals surface area contributed by atoms with Gasteiger partial charge in [0, 0.05) is 22.4 Å². The molecule has 1 aromatic carbocycles. The summed E-state index contributed by atoms with van der Waals surface area (Å²) < 4.78 is 5.81. The number of methoxy groups -OCH3 is 1. The van der Waals surface area contributed by atoms with Gasteiger partial charge in [-0.05, 0) is 24.3 Å². The van der Waals surface area contributed by atoms with Gasteiger partial charge < -0.3 is 15.2 Å². The van der Waals surface area contributed by atoms with Crippen molar-refractivity contribution < 1.29 is 19.4 Å². The molecule has 0 bridgehead atoms. The summed E-state index contributed by atoms with van der Waals surface area (Å²) in [5.74, 6) is -1.26. The van der Waals surface area contributed by atoms with Crippen molar-refractivity contribution in [2.45, 2.75) is 0 Å². The lowest BCUT2D eigenvalue weighted by molar-refractivity contribution is 0.0691. The number of aromatic nitrogens is 1. The van der Waals surface area contributed by atoms with Gasteiger partial charge in [0.2, 0.25) is 0 Å². The average molecular weight is 351 g/mol. The first-order chi connectivity index (χ1) is 10.0. The Bertz CT molecular complexity index is 703. The SMILES string of the molecule is COc1cc(Br)cc(NC(=O)c2ncccc2C(=O)O)c1. The van der Waals surface area contributed by atoms with Crippen molar-refractivity contribution in [3.8, 4) is 5.75 Å². The van der Waals surface area contributed by atoms with E-state index < -0.39 is 11.9 Å². The van der Waals surface area contributed by atoms with Crippen molar-refractivity contribution in [2.75, 3.05) is 12.4 Å². The summed E-state index contributed by atoms with van der Waals surface area (Å²) in [7, 11) is 1.51. The van der Waals surface area contributed by atoms with Gasteiger partial charge in [-0.1, -0.05) is 15.9 Å². The molecule has 2 N–H and O–H groups in total. The Morgan fingerprint density at radius 2 is 2.10 bits per heavy atom. The standard InChI is InChI=1S/C14H11BrN2O4/c1-21-10-6-8(15)5-9(7-10)17-13(18)12-11(14(19)20)3-2-4-16-12/h2-7H,1H3,(H,17,18)(H,19,20). The van der Waals surface area contributed by atoms with Crippen molar-refractivity contribution in [1.29, 1.82) is 0 Å². The quantitative estimate of drug-likeness (QED) is 0.884. The maximum absolute atomic E-state index is 12.2. The van der Waals surface area contributed by atoms with Crippen molar-refractivity contribution in [1.82, 2.24) is 4.98 Å². The first kappa shape index (κ1) is 15.0. The lowest BCUT2D eigenvalue weighted by Gasteiger charge is -2.09. The number of amides is 1. The van der Waals surface area contributed by atoms with Crippen LogP contribution < -0.4 is 10.1 Å². The monoisotopic (exact) mass is 350 g/mol. The van der Waals surface area contributed by atoms with Crippen LogP contribution in [0.3, 0.4) is 0 Å². The van der Waals surface area contributed by atoms with Gasteiger partial charge in [0.05, 0.1) is 12.7 Å². The van der Waals surface area contributed by atoms with E-state index in [0.29, 0.717) is 11.4 Å². The first-order valence-corrected chi connectivity index (χ1v) is 6.65. The summed E-state index contributed by atoms with van der Waals surface area (Å²) in [6.45, 7) is 0. The molecule has 0 atom stereocenters. The molecule has 0 aliphatic heterocycles. The number of halogens is 1. The van der Waals surface area contributed by atoms with Gasteiger partial charge in [0.15, 0.2) is 0 Å². The Balaban J connectivity index is 2.30. The molecular formula is C14H11BrN2O4. The van der Waals surface area contributed by atoms with Gasteiger partial charge in [-0.2, -0.15) is 0 Å². The van der Waals surface area contributed by atoms with Gasteiger partial charge in [-0.25, -0.2) is 4.79 Å². The molecule has 0 radical (unpaired) electrons. The topological polar surface area (TPSA) is 88.5 Å². The number of anilines is 1. The molecule has 1 amide bonds. The van der Waals surface area contributed by atoms with E-state index >= 15 is 0 Å². The highest BCUT2D eigenvalue weighted by Crippen LogP contribution is 2.25. The van der Waals surface area contributed by atoms with E-state index in [-0.39, 0.29) is 11.3 Å². The molecule has 1 aromatic heterocycles. The van der Waals surface area contributed by atoms with Gasteiger partial charge in [0.1, 0.15) is 11.4 Å². The van der Waals surface area contributed by atoms with E-state index in [1.165, 1.54) is 25.4 Å². The summed E-state index contributed by atoms with van der Waals surface area (Å²) in [6, 6.07) is 7.81. The number of benzene rings is 1. The minimum atomic E-state index is -1.21. The van der Waals surface area contributed by atoms with E-state index in [1.807, 2.05) is 0 Å². The number of carbonyl (C=O) groups excluding carboxylic acids is 1. The number of carbonyl (C=O) groups is 2. The van der Waals surface area contributed by atoms with Gasteiger partial charge >= 0.3 is 5.97 Å². The summed E-state index contributed by atoms with van der Waals surface area (Å²) >= 11 is 3.30. The van der Waals surface area contributed by atoms with E-state index in [0.717, 1.165) is 4.47 Å². The third kappa shape index (κ3) is 3.57. The number of ether oxygens (including phenoxy) is 1. The molecule has 0 saturated heterocycles. The molecular weight excluding hydrogens is 340 g/mol. The fourth-order valence-corrected chi connectivity index (χ4v) is 2.17. The number of hydrogen-bond donors (Lipinski definition) is 2. The van der Waals surface area contributed by atoms with Gasteiger partial charge in [-0.15, -0.1) is 0 Å². The molecule has 0 unspecified atom stereocenters. The maximum Gasteiger partial charge on any atom is 0.338 e. The molecule has 7 heteroatoms. The molecule has 0 aliphatic rings. The summed E-state index contributed by atoms with van der Waals surface area (Å²) in [5, 5.41) is 11.7. The number of pyridine rings is 1. The zero-order valence-corrected chi connectivity index (χ0v) is 12.5.